The predicted octanol–water partition coefficient (Wildman–Crippen LogP) is 3.22. The molecule has 1 atom stereocenters. The molecular weight excluding hydrogens is 477 g/mol. The summed E-state index contributed by atoms with van der Waals surface area (Å²) >= 11 is 0. The number of rotatable bonds is 6. The SMILES string of the molecule is CN=C(NCc1ccc(Cn2ccnc2)cc1)NCC1Cc2ccccc2O1.I. The van der Waals surface area contributed by atoms with Crippen molar-refractivity contribution in [3.05, 3.63) is 83.9 Å². The smallest absolute Gasteiger partial charge is 0.191 e. The highest BCUT2D eigenvalue weighted by Gasteiger charge is 2.22. The van der Waals surface area contributed by atoms with Gasteiger partial charge in [-0.15, -0.1) is 24.0 Å². The molecule has 0 spiro atoms. The lowest BCUT2D eigenvalue weighted by Crippen LogP contribution is -2.41. The Hall–Kier alpha value is -2.55. The minimum Gasteiger partial charge on any atom is -0.488 e. The molecule has 2 N–H and O–H groups in total. The van der Waals surface area contributed by atoms with E-state index < -0.39 is 0 Å². The van der Waals surface area contributed by atoms with Crippen LogP contribution >= 0.6 is 24.0 Å². The fourth-order valence-corrected chi connectivity index (χ4v) is 3.34. The van der Waals surface area contributed by atoms with Gasteiger partial charge in [0.05, 0.1) is 12.9 Å². The van der Waals surface area contributed by atoms with Gasteiger partial charge in [-0.25, -0.2) is 4.98 Å². The van der Waals surface area contributed by atoms with E-state index in [1.807, 2.05) is 24.7 Å². The number of aromatic nitrogens is 2. The van der Waals surface area contributed by atoms with E-state index >= 15 is 0 Å². The van der Waals surface area contributed by atoms with Gasteiger partial charge in [-0.05, 0) is 22.8 Å². The molecule has 1 aromatic heterocycles. The molecule has 0 aliphatic carbocycles. The maximum atomic E-state index is 5.97. The number of para-hydroxylation sites is 1. The van der Waals surface area contributed by atoms with Gasteiger partial charge in [0.2, 0.25) is 0 Å². The van der Waals surface area contributed by atoms with Crippen LogP contribution in [-0.2, 0) is 19.5 Å². The molecular formula is C22H26IN5O. The molecule has 0 fully saturated rings. The van der Waals surface area contributed by atoms with Crippen LogP contribution in [0.2, 0.25) is 0 Å². The summed E-state index contributed by atoms with van der Waals surface area (Å²) in [6.07, 6.45) is 6.67. The Kier molecular flexibility index (Phi) is 7.51. The zero-order valence-corrected chi connectivity index (χ0v) is 18.7. The Morgan fingerprint density at radius 1 is 1.14 bits per heavy atom. The third-order valence-electron chi connectivity index (χ3n) is 4.84. The number of fused-ring (bicyclic) bond motifs is 1. The van der Waals surface area contributed by atoms with E-state index in [2.05, 4.69) is 61.6 Å². The Bertz CT molecular complexity index is 900. The summed E-state index contributed by atoms with van der Waals surface area (Å²) in [6.45, 7) is 2.27. The van der Waals surface area contributed by atoms with Crippen molar-refractivity contribution in [2.24, 2.45) is 4.99 Å². The summed E-state index contributed by atoms with van der Waals surface area (Å²) in [5.41, 5.74) is 3.73. The van der Waals surface area contributed by atoms with Crippen LogP contribution in [-0.4, -0.2) is 35.2 Å². The van der Waals surface area contributed by atoms with Crippen molar-refractivity contribution in [1.82, 2.24) is 20.2 Å². The first-order valence-electron chi connectivity index (χ1n) is 9.53. The number of aliphatic imine (C=N–C) groups is 1. The number of benzene rings is 2. The Labute approximate surface area is 188 Å². The van der Waals surface area contributed by atoms with Gasteiger partial charge >= 0.3 is 0 Å². The van der Waals surface area contributed by atoms with Crippen molar-refractivity contribution < 1.29 is 4.74 Å². The highest BCUT2D eigenvalue weighted by Crippen LogP contribution is 2.27. The van der Waals surface area contributed by atoms with Crippen molar-refractivity contribution in [3.63, 3.8) is 0 Å². The molecule has 152 valence electrons. The van der Waals surface area contributed by atoms with E-state index in [9.17, 15) is 0 Å². The van der Waals surface area contributed by atoms with E-state index in [1.165, 1.54) is 16.7 Å². The zero-order chi connectivity index (χ0) is 19.2. The van der Waals surface area contributed by atoms with Crippen molar-refractivity contribution in [3.8, 4) is 5.75 Å². The fourth-order valence-electron chi connectivity index (χ4n) is 3.34. The van der Waals surface area contributed by atoms with Crippen LogP contribution < -0.4 is 15.4 Å². The van der Waals surface area contributed by atoms with Crippen LogP contribution in [0.5, 0.6) is 5.75 Å². The first-order chi connectivity index (χ1) is 13.8. The second-order valence-corrected chi connectivity index (χ2v) is 6.91. The number of hydrogen-bond acceptors (Lipinski definition) is 3. The van der Waals surface area contributed by atoms with Crippen molar-refractivity contribution in [2.45, 2.75) is 25.6 Å². The zero-order valence-electron chi connectivity index (χ0n) is 16.4. The Morgan fingerprint density at radius 2 is 1.93 bits per heavy atom. The van der Waals surface area contributed by atoms with Gasteiger partial charge in [0.1, 0.15) is 11.9 Å². The van der Waals surface area contributed by atoms with Gasteiger partial charge in [-0.1, -0.05) is 42.5 Å². The number of nitrogens with one attached hydrogen (secondary N) is 2. The van der Waals surface area contributed by atoms with Crippen LogP contribution in [0.15, 0.2) is 72.2 Å². The summed E-state index contributed by atoms with van der Waals surface area (Å²) in [5, 5.41) is 6.73. The van der Waals surface area contributed by atoms with E-state index in [0.717, 1.165) is 37.8 Å². The fraction of sp³-hybridized carbons (Fsp3) is 0.273. The van der Waals surface area contributed by atoms with Crippen LogP contribution in [0.1, 0.15) is 16.7 Å². The molecule has 1 aliphatic rings. The number of hydrogen-bond donors (Lipinski definition) is 2. The highest BCUT2D eigenvalue weighted by atomic mass is 127. The lowest BCUT2D eigenvalue weighted by molar-refractivity contribution is 0.235. The Balaban J connectivity index is 0.00000240. The van der Waals surface area contributed by atoms with E-state index in [1.54, 1.807) is 13.2 Å². The number of ether oxygens (including phenoxy) is 1. The largest absolute Gasteiger partial charge is 0.488 e. The monoisotopic (exact) mass is 503 g/mol. The summed E-state index contributed by atoms with van der Waals surface area (Å²) < 4.78 is 8.03. The van der Waals surface area contributed by atoms with E-state index in [0.29, 0.717) is 0 Å². The van der Waals surface area contributed by atoms with Gasteiger partial charge in [-0.3, -0.25) is 4.99 Å². The lowest BCUT2D eigenvalue weighted by Gasteiger charge is -2.15. The molecule has 6 nitrogen and oxygen atoms in total. The molecule has 0 saturated carbocycles. The molecule has 1 unspecified atom stereocenters. The maximum absolute atomic E-state index is 5.97. The summed E-state index contributed by atoms with van der Waals surface area (Å²) in [7, 11) is 1.79. The van der Waals surface area contributed by atoms with Crippen LogP contribution in [0, 0.1) is 0 Å². The van der Waals surface area contributed by atoms with Crippen LogP contribution in [0.4, 0.5) is 0 Å². The minimum absolute atomic E-state index is 0. The third-order valence-corrected chi connectivity index (χ3v) is 4.84. The quantitative estimate of drug-likeness (QED) is 0.308. The number of halogens is 1. The Morgan fingerprint density at radius 3 is 2.66 bits per heavy atom. The third kappa shape index (κ3) is 5.72. The molecule has 7 heteroatoms. The average Bonchev–Trinajstić information content (AvgIpc) is 3.38. The molecule has 0 saturated heterocycles. The molecule has 0 radical (unpaired) electrons. The molecule has 2 heterocycles. The van der Waals surface area contributed by atoms with Crippen molar-refractivity contribution >= 4 is 29.9 Å². The first kappa shape index (κ1) is 21.2. The summed E-state index contributed by atoms with van der Waals surface area (Å²) in [6, 6.07) is 16.8. The van der Waals surface area contributed by atoms with Gasteiger partial charge in [0.15, 0.2) is 5.96 Å². The van der Waals surface area contributed by atoms with Gasteiger partial charge in [0, 0.05) is 39.0 Å². The highest BCUT2D eigenvalue weighted by molar-refractivity contribution is 14.0. The maximum Gasteiger partial charge on any atom is 0.191 e. The normalized spacial score (nSPS) is 15.2. The molecule has 1 aliphatic heterocycles. The van der Waals surface area contributed by atoms with E-state index in [4.69, 9.17) is 4.74 Å². The summed E-state index contributed by atoms with van der Waals surface area (Å²) in [5.74, 6) is 1.77. The topological polar surface area (TPSA) is 63.5 Å². The standard InChI is InChI=1S/C22H25N5O.HI/c1-23-22(26-14-20-12-19-4-2-3-5-21(19)28-20)25-13-17-6-8-18(9-7-17)15-27-11-10-24-16-27;/h2-11,16,20H,12-15H2,1H3,(H2,23,25,26);1H. The first-order valence-corrected chi connectivity index (χ1v) is 9.53. The van der Waals surface area contributed by atoms with Crippen molar-refractivity contribution in [1.29, 1.82) is 0 Å². The number of nitrogens with zero attached hydrogens (tertiary/aromatic N) is 3. The lowest BCUT2D eigenvalue weighted by atomic mass is 10.1. The number of guanidine groups is 1. The molecule has 29 heavy (non-hydrogen) atoms. The summed E-state index contributed by atoms with van der Waals surface area (Å²) in [4.78, 5) is 8.39. The van der Waals surface area contributed by atoms with Gasteiger partial charge in [0.25, 0.3) is 0 Å². The second kappa shape index (κ2) is 10.3. The number of imidazole rings is 1. The molecule has 2 aromatic carbocycles. The minimum atomic E-state index is 0. The van der Waals surface area contributed by atoms with Crippen molar-refractivity contribution in [2.75, 3.05) is 13.6 Å². The van der Waals surface area contributed by atoms with E-state index in [-0.39, 0.29) is 30.1 Å². The predicted molar refractivity (Wildman–Crippen MR) is 126 cm³/mol. The molecule has 0 bridgehead atoms. The van der Waals surface area contributed by atoms with Gasteiger partial charge < -0.3 is 19.9 Å². The molecule has 0 amide bonds. The van der Waals surface area contributed by atoms with Gasteiger partial charge in [-0.2, -0.15) is 0 Å². The average molecular weight is 503 g/mol. The second-order valence-electron chi connectivity index (χ2n) is 6.91. The molecule has 3 aromatic rings. The molecule has 4 rings (SSSR count). The van der Waals surface area contributed by atoms with Crippen LogP contribution in [0.25, 0.3) is 0 Å². The van der Waals surface area contributed by atoms with Crippen LogP contribution in [0.3, 0.4) is 0 Å².